The number of nitrogens with one attached hydrogen (secondary N) is 1. The van der Waals surface area contributed by atoms with Crippen molar-refractivity contribution in [3.63, 3.8) is 0 Å². The first-order valence-electron chi connectivity index (χ1n) is 7.93. The third-order valence-electron chi connectivity index (χ3n) is 3.46. The lowest BCUT2D eigenvalue weighted by atomic mass is 10.2. The van der Waals surface area contributed by atoms with Crippen LogP contribution in [0.2, 0.25) is 0 Å². The molecule has 10 heteroatoms. The van der Waals surface area contributed by atoms with Crippen molar-refractivity contribution in [2.45, 2.75) is 0 Å². The summed E-state index contributed by atoms with van der Waals surface area (Å²) in [5.74, 6) is 0.615. The second-order valence-corrected chi connectivity index (χ2v) is 5.29. The van der Waals surface area contributed by atoms with E-state index in [0.717, 1.165) is 12.4 Å². The Balaban J connectivity index is 1.71. The Hall–Kier alpha value is -3.53. The van der Waals surface area contributed by atoms with Crippen LogP contribution in [0.1, 0.15) is 10.4 Å². The van der Waals surface area contributed by atoms with Crippen molar-refractivity contribution in [3.8, 4) is 5.75 Å². The van der Waals surface area contributed by atoms with Gasteiger partial charge in [-0.15, -0.1) is 0 Å². The number of benzene rings is 2. The Bertz CT molecular complexity index is 809. The highest BCUT2D eigenvalue weighted by atomic mass is 16.6. The van der Waals surface area contributed by atoms with Gasteiger partial charge in [-0.1, -0.05) is 0 Å². The number of aldehydes is 1. The predicted octanol–water partition coefficient (Wildman–Crippen LogP) is 2.82. The second-order valence-electron chi connectivity index (χ2n) is 5.29. The van der Waals surface area contributed by atoms with Crippen LogP contribution in [0.3, 0.4) is 0 Å². The van der Waals surface area contributed by atoms with E-state index in [9.17, 15) is 25.0 Å². The number of rotatable bonds is 11. The maximum absolute atomic E-state index is 11.0. The fraction of sp³-hybridized carbons (Fsp3) is 0.235. The number of nitro groups is 2. The zero-order chi connectivity index (χ0) is 19.6. The number of ether oxygens (including phenoxy) is 2. The van der Waals surface area contributed by atoms with Gasteiger partial charge in [0.25, 0.3) is 11.4 Å². The van der Waals surface area contributed by atoms with Crippen molar-refractivity contribution < 1.29 is 24.1 Å². The Kier molecular flexibility index (Phi) is 7.20. The lowest BCUT2D eigenvalue weighted by Crippen LogP contribution is -2.14. The van der Waals surface area contributed by atoms with Crippen LogP contribution >= 0.6 is 0 Å². The van der Waals surface area contributed by atoms with Crippen molar-refractivity contribution in [1.29, 1.82) is 0 Å². The molecule has 0 aromatic heterocycles. The molecule has 0 aliphatic carbocycles. The van der Waals surface area contributed by atoms with Gasteiger partial charge < -0.3 is 14.8 Å². The summed E-state index contributed by atoms with van der Waals surface area (Å²) in [5, 5.41) is 24.5. The zero-order valence-corrected chi connectivity index (χ0v) is 14.2. The molecule has 0 heterocycles. The quantitative estimate of drug-likeness (QED) is 0.274. The van der Waals surface area contributed by atoms with Crippen molar-refractivity contribution in [2.24, 2.45) is 0 Å². The fourth-order valence-electron chi connectivity index (χ4n) is 2.16. The molecule has 27 heavy (non-hydrogen) atoms. The van der Waals surface area contributed by atoms with Crippen LogP contribution in [0.5, 0.6) is 5.75 Å². The predicted molar refractivity (Wildman–Crippen MR) is 96.4 cm³/mol. The standard InChI is InChI=1S/C17H17N3O7/c21-12-13-1-4-15(5-2-13)27-10-9-26-8-7-18-16-6-3-14(19(22)23)11-17(16)20(24)25/h1-6,11-12,18H,7-10H2. The summed E-state index contributed by atoms with van der Waals surface area (Å²) < 4.78 is 10.8. The van der Waals surface area contributed by atoms with E-state index in [2.05, 4.69) is 5.32 Å². The van der Waals surface area contributed by atoms with Crippen LogP contribution in [0, 0.1) is 20.2 Å². The van der Waals surface area contributed by atoms with Gasteiger partial charge in [-0.25, -0.2) is 0 Å². The molecule has 0 radical (unpaired) electrons. The molecule has 1 N–H and O–H groups in total. The molecule has 2 aromatic carbocycles. The van der Waals surface area contributed by atoms with Crippen molar-refractivity contribution in [1.82, 2.24) is 0 Å². The van der Waals surface area contributed by atoms with Gasteiger partial charge in [-0.05, 0) is 30.3 Å². The first kappa shape index (κ1) is 19.8. The molecule has 0 amide bonds. The van der Waals surface area contributed by atoms with Crippen LogP contribution in [0.15, 0.2) is 42.5 Å². The number of hydrogen-bond donors (Lipinski definition) is 1. The van der Waals surface area contributed by atoms with E-state index in [0.29, 0.717) is 24.5 Å². The van der Waals surface area contributed by atoms with E-state index in [4.69, 9.17) is 9.47 Å². The van der Waals surface area contributed by atoms with Gasteiger partial charge in [0, 0.05) is 18.2 Å². The largest absolute Gasteiger partial charge is 0.491 e. The third kappa shape index (κ3) is 6.04. The van der Waals surface area contributed by atoms with Crippen molar-refractivity contribution >= 4 is 23.3 Å². The molecule has 0 atom stereocenters. The van der Waals surface area contributed by atoms with E-state index in [1.165, 1.54) is 12.1 Å². The Morgan fingerprint density at radius 3 is 2.33 bits per heavy atom. The number of hydrogen-bond acceptors (Lipinski definition) is 8. The van der Waals surface area contributed by atoms with Crippen LogP contribution in [0.25, 0.3) is 0 Å². The molecule has 0 saturated heterocycles. The molecule has 0 bridgehead atoms. The number of nitrogens with zero attached hydrogens (tertiary/aromatic N) is 2. The van der Waals surface area contributed by atoms with Crippen LogP contribution in [0.4, 0.5) is 17.1 Å². The van der Waals surface area contributed by atoms with E-state index in [1.54, 1.807) is 24.3 Å². The number of nitro benzene ring substituents is 2. The Labute approximate surface area is 154 Å². The Morgan fingerprint density at radius 2 is 1.70 bits per heavy atom. The minimum atomic E-state index is -0.688. The number of carbonyl (C=O) groups excluding carboxylic acids is 1. The topological polar surface area (TPSA) is 134 Å². The van der Waals surface area contributed by atoms with E-state index in [1.807, 2.05) is 0 Å². The highest BCUT2D eigenvalue weighted by Crippen LogP contribution is 2.28. The van der Waals surface area contributed by atoms with Gasteiger partial charge in [-0.3, -0.25) is 25.0 Å². The minimum Gasteiger partial charge on any atom is -0.491 e. The molecule has 0 spiro atoms. The monoisotopic (exact) mass is 375 g/mol. The molecule has 0 aliphatic rings. The van der Waals surface area contributed by atoms with E-state index in [-0.39, 0.29) is 30.2 Å². The number of carbonyl (C=O) groups is 1. The average Bonchev–Trinajstić information content (AvgIpc) is 2.67. The first-order valence-corrected chi connectivity index (χ1v) is 7.93. The summed E-state index contributed by atoms with van der Waals surface area (Å²) in [4.78, 5) is 30.9. The molecule has 0 unspecified atom stereocenters. The summed E-state index contributed by atoms with van der Waals surface area (Å²) in [5.41, 5.74) is 0.0267. The van der Waals surface area contributed by atoms with Crippen LogP contribution in [-0.2, 0) is 4.74 Å². The van der Waals surface area contributed by atoms with E-state index < -0.39 is 9.85 Å². The second kappa shape index (κ2) is 9.82. The maximum Gasteiger partial charge on any atom is 0.299 e. The van der Waals surface area contributed by atoms with Crippen LogP contribution < -0.4 is 10.1 Å². The van der Waals surface area contributed by atoms with E-state index >= 15 is 0 Å². The lowest BCUT2D eigenvalue weighted by molar-refractivity contribution is -0.393. The number of anilines is 1. The van der Waals surface area contributed by atoms with Gasteiger partial charge in [0.05, 0.1) is 29.1 Å². The normalized spacial score (nSPS) is 10.2. The molecule has 10 nitrogen and oxygen atoms in total. The smallest absolute Gasteiger partial charge is 0.299 e. The highest BCUT2D eigenvalue weighted by molar-refractivity contribution is 5.74. The molecule has 0 saturated carbocycles. The summed E-state index contributed by atoms with van der Waals surface area (Å²) in [7, 11) is 0. The fourth-order valence-corrected chi connectivity index (χ4v) is 2.16. The summed E-state index contributed by atoms with van der Waals surface area (Å²) in [6.45, 7) is 1.16. The Morgan fingerprint density at radius 1 is 0.963 bits per heavy atom. The first-order chi connectivity index (χ1) is 13.0. The molecule has 2 aromatic rings. The van der Waals surface area contributed by atoms with Crippen molar-refractivity contribution in [2.75, 3.05) is 31.7 Å². The van der Waals surface area contributed by atoms with Gasteiger partial charge in [0.15, 0.2) is 0 Å². The molecule has 142 valence electrons. The molecular formula is C17H17N3O7. The van der Waals surface area contributed by atoms with Crippen LogP contribution in [-0.4, -0.2) is 42.5 Å². The number of non-ortho nitro benzene ring substituents is 1. The summed E-state index contributed by atoms with van der Waals surface area (Å²) in [6, 6.07) is 10.0. The maximum atomic E-state index is 11.0. The molecular weight excluding hydrogens is 358 g/mol. The molecule has 0 aliphatic heterocycles. The zero-order valence-electron chi connectivity index (χ0n) is 14.2. The summed E-state index contributed by atoms with van der Waals surface area (Å²) >= 11 is 0. The third-order valence-corrected chi connectivity index (χ3v) is 3.46. The average molecular weight is 375 g/mol. The summed E-state index contributed by atoms with van der Waals surface area (Å²) in [6.07, 6.45) is 0.745. The van der Waals surface area contributed by atoms with Crippen molar-refractivity contribution in [3.05, 3.63) is 68.3 Å². The van der Waals surface area contributed by atoms with Gasteiger partial charge >= 0.3 is 0 Å². The van der Waals surface area contributed by atoms with Gasteiger partial charge in [0.2, 0.25) is 0 Å². The lowest BCUT2D eigenvalue weighted by Gasteiger charge is -2.09. The van der Waals surface area contributed by atoms with Gasteiger partial charge in [-0.2, -0.15) is 0 Å². The molecule has 2 rings (SSSR count). The van der Waals surface area contributed by atoms with Gasteiger partial charge in [0.1, 0.15) is 24.3 Å². The molecule has 0 fully saturated rings. The SMILES string of the molecule is O=Cc1ccc(OCCOCCNc2ccc([N+](=O)[O-])cc2[N+](=O)[O-])cc1. The minimum absolute atomic E-state index is 0.181. The highest BCUT2D eigenvalue weighted by Gasteiger charge is 2.18.